The van der Waals surface area contributed by atoms with Crippen molar-refractivity contribution in [1.82, 2.24) is 15.0 Å². The van der Waals surface area contributed by atoms with Crippen molar-refractivity contribution in [3.63, 3.8) is 0 Å². The summed E-state index contributed by atoms with van der Waals surface area (Å²) in [5.74, 6) is 1.64. The molecule has 0 aliphatic carbocycles. The molecule has 0 aliphatic heterocycles. The van der Waals surface area contributed by atoms with Crippen LogP contribution in [-0.4, -0.2) is 58.4 Å². The molecule has 0 fully saturated rings. The lowest BCUT2D eigenvalue weighted by atomic mass is 10.3. The van der Waals surface area contributed by atoms with Gasteiger partial charge in [-0.1, -0.05) is 6.92 Å². The first-order valence-electron chi connectivity index (χ1n) is 6.11. The van der Waals surface area contributed by atoms with Gasteiger partial charge in [-0.05, 0) is 6.42 Å². The molecule has 0 saturated heterocycles. The van der Waals surface area contributed by atoms with Gasteiger partial charge in [0.2, 0.25) is 17.8 Å². The van der Waals surface area contributed by atoms with Crippen LogP contribution in [0.4, 0.5) is 17.8 Å². The van der Waals surface area contributed by atoms with E-state index in [-0.39, 0.29) is 5.25 Å². The van der Waals surface area contributed by atoms with Crippen LogP contribution in [0.3, 0.4) is 0 Å². The van der Waals surface area contributed by atoms with E-state index in [1.54, 1.807) is 13.3 Å². The topological polar surface area (TPSA) is 83.0 Å². The standard InChI is InChI=1S/C11H22N6OS/c1-8(19(5)18)6-7-13-10-14-9(12-2)15-11(16-10)17(3)4/h8H,6-7H2,1-5H3,(H2,12,13,14,15,16). The van der Waals surface area contributed by atoms with Gasteiger partial charge in [0.1, 0.15) is 0 Å². The van der Waals surface area contributed by atoms with E-state index in [2.05, 4.69) is 25.6 Å². The summed E-state index contributed by atoms with van der Waals surface area (Å²) in [7, 11) is 4.72. The zero-order valence-corrected chi connectivity index (χ0v) is 12.9. The summed E-state index contributed by atoms with van der Waals surface area (Å²) < 4.78 is 11.3. The number of anilines is 3. The normalized spacial score (nSPS) is 13.7. The van der Waals surface area contributed by atoms with E-state index in [4.69, 9.17) is 0 Å². The van der Waals surface area contributed by atoms with Crippen molar-refractivity contribution in [3.8, 4) is 0 Å². The first kappa shape index (κ1) is 15.6. The number of nitrogens with one attached hydrogen (secondary N) is 2. The fourth-order valence-electron chi connectivity index (χ4n) is 1.31. The molecule has 2 N–H and O–H groups in total. The van der Waals surface area contributed by atoms with Gasteiger partial charge in [-0.2, -0.15) is 15.0 Å². The Morgan fingerprint density at radius 2 is 1.89 bits per heavy atom. The maximum Gasteiger partial charge on any atom is 0.231 e. The average Bonchev–Trinajstić information content (AvgIpc) is 2.37. The first-order valence-corrected chi connectivity index (χ1v) is 7.73. The van der Waals surface area contributed by atoms with Crippen molar-refractivity contribution in [2.75, 3.05) is 49.5 Å². The monoisotopic (exact) mass is 286 g/mol. The Balaban J connectivity index is 2.67. The second-order valence-corrected chi connectivity index (χ2v) is 6.25. The molecule has 0 radical (unpaired) electrons. The SMILES string of the molecule is CNc1nc(NCCC(C)S(C)=O)nc(N(C)C)n1. The number of aromatic nitrogens is 3. The van der Waals surface area contributed by atoms with Crippen LogP contribution in [0.15, 0.2) is 0 Å². The Morgan fingerprint density at radius 3 is 2.42 bits per heavy atom. The third kappa shape index (κ3) is 4.98. The molecule has 0 aromatic carbocycles. The summed E-state index contributed by atoms with van der Waals surface area (Å²) in [6.45, 7) is 2.65. The Morgan fingerprint density at radius 1 is 1.26 bits per heavy atom. The van der Waals surface area contributed by atoms with E-state index in [1.165, 1.54) is 0 Å². The maximum absolute atomic E-state index is 11.3. The van der Waals surface area contributed by atoms with Crippen LogP contribution in [-0.2, 0) is 10.8 Å². The van der Waals surface area contributed by atoms with Crippen molar-refractivity contribution in [2.24, 2.45) is 0 Å². The minimum atomic E-state index is -0.800. The summed E-state index contributed by atoms with van der Waals surface area (Å²) in [5.41, 5.74) is 0. The van der Waals surface area contributed by atoms with Crippen molar-refractivity contribution in [2.45, 2.75) is 18.6 Å². The Hall–Kier alpha value is -1.44. The fraction of sp³-hybridized carbons (Fsp3) is 0.727. The predicted octanol–water partition coefficient (Wildman–Crippen LogP) is 0.548. The molecular formula is C11H22N6OS. The minimum absolute atomic E-state index is 0.159. The third-order valence-electron chi connectivity index (χ3n) is 2.65. The lowest BCUT2D eigenvalue weighted by Gasteiger charge is -2.14. The highest BCUT2D eigenvalue weighted by molar-refractivity contribution is 7.84. The summed E-state index contributed by atoms with van der Waals surface area (Å²) in [6.07, 6.45) is 2.53. The van der Waals surface area contributed by atoms with E-state index < -0.39 is 10.8 Å². The number of hydrogen-bond acceptors (Lipinski definition) is 7. The zero-order chi connectivity index (χ0) is 14.4. The highest BCUT2D eigenvalue weighted by Crippen LogP contribution is 2.11. The minimum Gasteiger partial charge on any atom is -0.357 e. The number of hydrogen-bond donors (Lipinski definition) is 2. The lowest BCUT2D eigenvalue weighted by Crippen LogP contribution is -2.19. The van der Waals surface area contributed by atoms with E-state index in [0.717, 1.165) is 6.42 Å². The summed E-state index contributed by atoms with van der Waals surface area (Å²) >= 11 is 0. The van der Waals surface area contributed by atoms with Gasteiger partial charge >= 0.3 is 0 Å². The van der Waals surface area contributed by atoms with Crippen molar-refractivity contribution < 1.29 is 4.21 Å². The van der Waals surface area contributed by atoms with Crippen LogP contribution in [0.25, 0.3) is 0 Å². The smallest absolute Gasteiger partial charge is 0.231 e. The molecule has 8 heteroatoms. The molecule has 0 spiro atoms. The van der Waals surface area contributed by atoms with Gasteiger partial charge in [0.15, 0.2) is 0 Å². The number of nitrogens with zero attached hydrogens (tertiary/aromatic N) is 4. The second-order valence-electron chi connectivity index (χ2n) is 4.45. The van der Waals surface area contributed by atoms with Crippen LogP contribution in [0.2, 0.25) is 0 Å². The highest BCUT2D eigenvalue weighted by Gasteiger charge is 2.09. The molecule has 19 heavy (non-hydrogen) atoms. The van der Waals surface area contributed by atoms with Crippen molar-refractivity contribution in [3.05, 3.63) is 0 Å². The van der Waals surface area contributed by atoms with Crippen LogP contribution in [0.5, 0.6) is 0 Å². The van der Waals surface area contributed by atoms with Gasteiger partial charge in [0.05, 0.1) is 0 Å². The van der Waals surface area contributed by atoms with Gasteiger partial charge in [-0.25, -0.2) is 0 Å². The molecule has 0 bridgehead atoms. The molecule has 0 saturated carbocycles. The zero-order valence-electron chi connectivity index (χ0n) is 12.1. The molecule has 0 aliphatic rings. The largest absolute Gasteiger partial charge is 0.357 e. The summed E-state index contributed by atoms with van der Waals surface area (Å²) in [4.78, 5) is 14.6. The van der Waals surface area contributed by atoms with Crippen LogP contribution < -0.4 is 15.5 Å². The molecule has 2 atom stereocenters. The first-order chi connectivity index (χ1) is 8.93. The summed E-state index contributed by atoms with van der Waals surface area (Å²) in [6, 6.07) is 0. The summed E-state index contributed by atoms with van der Waals surface area (Å²) in [5, 5.41) is 6.20. The van der Waals surface area contributed by atoms with Crippen molar-refractivity contribution >= 4 is 28.6 Å². The number of rotatable bonds is 7. The predicted molar refractivity (Wildman–Crippen MR) is 80.3 cm³/mol. The van der Waals surface area contributed by atoms with Crippen molar-refractivity contribution in [1.29, 1.82) is 0 Å². The van der Waals surface area contributed by atoms with E-state index in [0.29, 0.717) is 24.4 Å². The molecule has 1 heterocycles. The van der Waals surface area contributed by atoms with Gasteiger partial charge in [-0.3, -0.25) is 4.21 Å². The second kappa shape index (κ2) is 7.22. The van der Waals surface area contributed by atoms with Gasteiger partial charge in [-0.15, -0.1) is 0 Å². The Bertz CT molecular complexity index is 439. The highest BCUT2D eigenvalue weighted by atomic mass is 32.2. The van der Waals surface area contributed by atoms with Crippen LogP contribution in [0, 0.1) is 0 Å². The Labute approximate surface area is 116 Å². The fourth-order valence-corrected chi connectivity index (χ4v) is 1.76. The third-order valence-corrected chi connectivity index (χ3v) is 4.02. The Kier molecular flexibility index (Phi) is 5.94. The molecule has 1 aromatic heterocycles. The molecule has 0 amide bonds. The molecule has 7 nitrogen and oxygen atoms in total. The molecular weight excluding hydrogens is 264 g/mol. The average molecular weight is 286 g/mol. The quantitative estimate of drug-likeness (QED) is 0.757. The molecule has 2 unspecified atom stereocenters. The van der Waals surface area contributed by atoms with Gasteiger partial charge < -0.3 is 15.5 Å². The molecule has 108 valence electrons. The lowest BCUT2D eigenvalue weighted by molar-refractivity contribution is 0.672. The van der Waals surface area contributed by atoms with E-state index in [1.807, 2.05) is 25.9 Å². The van der Waals surface area contributed by atoms with E-state index in [9.17, 15) is 4.21 Å². The van der Waals surface area contributed by atoms with Gasteiger partial charge in [0.25, 0.3) is 0 Å². The maximum atomic E-state index is 11.3. The van der Waals surface area contributed by atoms with Gasteiger partial charge in [0, 0.05) is 50.0 Å². The van der Waals surface area contributed by atoms with E-state index >= 15 is 0 Å². The molecule has 1 aromatic rings. The molecule has 1 rings (SSSR count). The van der Waals surface area contributed by atoms with Crippen LogP contribution >= 0.6 is 0 Å². The van der Waals surface area contributed by atoms with Crippen LogP contribution in [0.1, 0.15) is 13.3 Å².